The van der Waals surface area contributed by atoms with Crippen LogP contribution in [-0.4, -0.2) is 21.4 Å². The monoisotopic (exact) mass is 247 g/mol. The van der Waals surface area contributed by atoms with Crippen molar-refractivity contribution in [3.8, 4) is 0 Å². The molecule has 0 aromatic heterocycles. The van der Waals surface area contributed by atoms with Crippen molar-refractivity contribution in [3.05, 3.63) is 46.0 Å². The highest BCUT2D eigenvalue weighted by atomic mass is 16.6. The van der Waals surface area contributed by atoms with E-state index >= 15 is 0 Å². The molecular formula is C13H13NO4. The molecule has 0 saturated carbocycles. The maximum atomic E-state index is 11.5. The Labute approximate surface area is 104 Å². The van der Waals surface area contributed by atoms with E-state index in [0.29, 0.717) is 12.0 Å². The van der Waals surface area contributed by atoms with Gasteiger partial charge in [-0.2, -0.15) is 0 Å². The highest BCUT2D eigenvalue weighted by Gasteiger charge is 2.30. The van der Waals surface area contributed by atoms with Gasteiger partial charge in [0.1, 0.15) is 0 Å². The lowest BCUT2D eigenvalue weighted by molar-refractivity contribution is -0.384. The van der Waals surface area contributed by atoms with Crippen LogP contribution < -0.4 is 0 Å². The Balaban J connectivity index is 2.31. The molecule has 1 N–H and O–H groups in total. The SMILES string of the molecule is C[C@@]1(O)CC(=O)C=C(c2ccc([N+](=O)[O-])cc2)C1. The zero-order chi connectivity index (χ0) is 13.3. The third-order valence-electron chi connectivity index (χ3n) is 2.91. The molecule has 18 heavy (non-hydrogen) atoms. The second-order valence-electron chi connectivity index (χ2n) is 4.79. The minimum atomic E-state index is -1.04. The van der Waals surface area contributed by atoms with Gasteiger partial charge >= 0.3 is 0 Å². The lowest BCUT2D eigenvalue weighted by atomic mass is 9.83. The van der Waals surface area contributed by atoms with Gasteiger partial charge in [-0.05, 0) is 36.3 Å². The van der Waals surface area contributed by atoms with Crippen LogP contribution in [0.5, 0.6) is 0 Å². The van der Waals surface area contributed by atoms with Crippen LogP contribution >= 0.6 is 0 Å². The smallest absolute Gasteiger partial charge is 0.269 e. The molecule has 0 radical (unpaired) electrons. The molecule has 5 heteroatoms. The van der Waals surface area contributed by atoms with Crippen molar-refractivity contribution < 1.29 is 14.8 Å². The summed E-state index contributed by atoms with van der Waals surface area (Å²) in [4.78, 5) is 21.6. The predicted molar refractivity (Wildman–Crippen MR) is 65.9 cm³/mol. The highest BCUT2D eigenvalue weighted by Crippen LogP contribution is 2.32. The molecule has 1 aliphatic carbocycles. The second-order valence-corrected chi connectivity index (χ2v) is 4.79. The van der Waals surface area contributed by atoms with Gasteiger partial charge in [0, 0.05) is 25.0 Å². The maximum absolute atomic E-state index is 11.5. The Bertz CT molecular complexity index is 528. The maximum Gasteiger partial charge on any atom is 0.269 e. The molecule has 1 aromatic rings. The van der Waals surface area contributed by atoms with E-state index < -0.39 is 10.5 Å². The molecule has 1 aliphatic rings. The highest BCUT2D eigenvalue weighted by molar-refractivity contribution is 5.99. The van der Waals surface area contributed by atoms with Crippen LogP contribution in [0, 0.1) is 10.1 Å². The first-order valence-corrected chi connectivity index (χ1v) is 5.58. The summed E-state index contributed by atoms with van der Waals surface area (Å²) in [5.74, 6) is -0.125. The molecule has 1 atom stereocenters. The minimum Gasteiger partial charge on any atom is -0.389 e. The summed E-state index contributed by atoms with van der Waals surface area (Å²) >= 11 is 0. The van der Waals surface area contributed by atoms with Gasteiger partial charge in [0.25, 0.3) is 5.69 Å². The third kappa shape index (κ3) is 2.62. The Hall–Kier alpha value is -2.01. The quantitative estimate of drug-likeness (QED) is 0.641. The summed E-state index contributed by atoms with van der Waals surface area (Å²) < 4.78 is 0. The zero-order valence-electron chi connectivity index (χ0n) is 9.92. The standard InChI is InChI=1S/C13H13NO4/c1-13(16)7-10(6-12(15)8-13)9-2-4-11(5-3-9)14(17)18/h2-6,16H,7-8H2,1H3/t13-/m0/s1. The van der Waals surface area contributed by atoms with Gasteiger partial charge in [0.2, 0.25) is 0 Å². The van der Waals surface area contributed by atoms with Crippen molar-refractivity contribution in [2.45, 2.75) is 25.4 Å². The van der Waals surface area contributed by atoms with Crippen LogP contribution in [-0.2, 0) is 4.79 Å². The lowest BCUT2D eigenvalue weighted by Gasteiger charge is -2.27. The largest absolute Gasteiger partial charge is 0.389 e. The Morgan fingerprint density at radius 2 is 1.89 bits per heavy atom. The molecule has 0 saturated heterocycles. The fourth-order valence-electron chi connectivity index (χ4n) is 2.13. The number of non-ortho nitro benzene ring substituents is 1. The van der Waals surface area contributed by atoms with Gasteiger partial charge in [-0.3, -0.25) is 14.9 Å². The van der Waals surface area contributed by atoms with E-state index in [0.717, 1.165) is 5.56 Å². The number of carbonyl (C=O) groups is 1. The Morgan fingerprint density at radius 1 is 1.28 bits per heavy atom. The van der Waals surface area contributed by atoms with E-state index in [1.165, 1.54) is 18.2 Å². The summed E-state index contributed by atoms with van der Waals surface area (Å²) in [5.41, 5.74) is 0.413. The molecule has 5 nitrogen and oxygen atoms in total. The van der Waals surface area contributed by atoms with Gasteiger partial charge in [0.05, 0.1) is 10.5 Å². The molecule has 94 valence electrons. The minimum absolute atomic E-state index is 0.00764. The van der Waals surface area contributed by atoms with E-state index in [4.69, 9.17) is 0 Å². The number of hydrogen-bond acceptors (Lipinski definition) is 4. The van der Waals surface area contributed by atoms with Crippen molar-refractivity contribution in [2.75, 3.05) is 0 Å². The number of nitrogens with zero attached hydrogens (tertiary/aromatic N) is 1. The number of rotatable bonds is 2. The predicted octanol–water partition coefficient (Wildman–Crippen LogP) is 2.09. The molecule has 0 unspecified atom stereocenters. The first kappa shape index (κ1) is 12.4. The number of allylic oxidation sites excluding steroid dienone is 1. The molecule has 0 aliphatic heterocycles. The number of benzene rings is 1. The van der Waals surface area contributed by atoms with Crippen molar-refractivity contribution in [1.82, 2.24) is 0 Å². The van der Waals surface area contributed by atoms with Crippen LogP contribution in [0.25, 0.3) is 5.57 Å². The van der Waals surface area contributed by atoms with E-state index in [2.05, 4.69) is 0 Å². The van der Waals surface area contributed by atoms with Crippen molar-refractivity contribution >= 4 is 17.0 Å². The molecule has 0 bridgehead atoms. The lowest BCUT2D eigenvalue weighted by Crippen LogP contribution is -2.30. The summed E-state index contributed by atoms with van der Waals surface area (Å²) in [6.45, 7) is 1.61. The van der Waals surface area contributed by atoms with E-state index in [1.54, 1.807) is 19.1 Å². The van der Waals surface area contributed by atoms with Crippen LogP contribution in [0.3, 0.4) is 0 Å². The summed E-state index contributed by atoms with van der Waals surface area (Å²) in [5, 5.41) is 20.5. The van der Waals surface area contributed by atoms with Gasteiger partial charge < -0.3 is 5.11 Å². The molecule has 0 spiro atoms. The fraction of sp³-hybridized carbons (Fsp3) is 0.308. The van der Waals surface area contributed by atoms with Crippen LogP contribution in [0.1, 0.15) is 25.3 Å². The first-order chi connectivity index (χ1) is 8.37. The molecule has 0 fully saturated rings. The fourth-order valence-corrected chi connectivity index (χ4v) is 2.13. The number of hydrogen-bond donors (Lipinski definition) is 1. The van der Waals surface area contributed by atoms with E-state index in [1.807, 2.05) is 0 Å². The second kappa shape index (κ2) is 4.34. The summed E-state index contributed by atoms with van der Waals surface area (Å²) in [6.07, 6.45) is 1.99. The number of nitro groups is 1. The van der Waals surface area contributed by atoms with Crippen LogP contribution in [0.15, 0.2) is 30.3 Å². The summed E-state index contributed by atoms with van der Waals surface area (Å²) in [7, 11) is 0. The van der Waals surface area contributed by atoms with Crippen molar-refractivity contribution in [1.29, 1.82) is 0 Å². The van der Waals surface area contributed by atoms with Crippen molar-refractivity contribution in [3.63, 3.8) is 0 Å². The molecule has 2 rings (SSSR count). The summed E-state index contributed by atoms with van der Waals surface area (Å²) in [6, 6.07) is 5.98. The number of nitro benzene ring substituents is 1. The average Bonchev–Trinajstić information content (AvgIpc) is 2.26. The molecule has 1 aromatic carbocycles. The zero-order valence-corrected chi connectivity index (χ0v) is 9.92. The van der Waals surface area contributed by atoms with Gasteiger partial charge in [-0.15, -0.1) is 0 Å². The first-order valence-electron chi connectivity index (χ1n) is 5.58. The van der Waals surface area contributed by atoms with Crippen LogP contribution in [0.2, 0.25) is 0 Å². The van der Waals surface area contributed by atoms with E-state index in [9.17, 15) is 20.0 Å². The van der Waals surface area contributed by atoms with E-state index in [-0.39, 0.29) is 17.9 Å². The van der Waals surface area contributed by atoms with Gasteiger partial charge in [-0.1, -0.05) is 0 Å². The Kier molecular flexibility index (Phi) is 3.00. The third-order valence-corrected chi connectivity index (χ3v) is 2.91. The topological polar surface area (TPSA) is 80.4 Å². The molecule has 0 amide bonds. The number of ketones is 1. The normalized spacial score (nSPS) is 23.7. The van der Waals surface area contributed by atoms with Gasteiger partial charge in [0.15, 0.2) is 5.78 Å². The van der Waals surface area contributed by atoms with Crippen LogP contribution in [0.4, 0.5) is 5.69 Å². The Morgan fingerprint density at radius 3 is 2.39 bits per heavy atom. The number of carbonyl (C=O) groups excluding carboxylic acids is 1. The molecule has 0 heterocycles. The van der Waals surface area contributed by atoms with Gasteiger partial charge in [-0.25, -0.2) is 0 Å². The number of aliphatic hydroxyl groups is 1. The van der Waals surface area contributed by atoms with Crippen molar-refractivity contribution in [2.24, 2.45) is 0 Å². The average molecular weight is 247 g/mol. The molecular weight excluding hydrogens is 234 g/mol.